The van der Waals surface area contributed by atoms with Crippen molar-refractivity contribution in [3.05, 3.63) is 47.5 Å². The van der Waals surface area contributed by atoms with Crippen LogP contribution in [0.3, 0.4) is 0 Å². The summed E-state index contributed by atoms with van der Waals surface area (Å²) in [4.78, 5) is 10.7. The van der Waals surface area contributed by atoms with Crippen LogP contribution in [-0.4, -0.2) is 36.9 Å². The first-order valence-electron chi connectivity index (χ1n) is 4.41. The van der Waals surface area contributed by atoms with Crippen molar-refractivity contribution in [3.8, 4) is 0 Å². The topological polar surface area (TPSA) is 37.3 Å². The fourth-order valence-corrected chi connectivity index (χ4v) is 1.58. The zero-order valence-corrected chi connectivity index (χ0v) is 7.82. The molecule has 0 fully saturated rings. The molecule has 0 heterocycles. The number of carboxylic acids is 1. The van der Waals surface area contributed by atoms with Gasteiger partial charge < -0.3 is 5.11 Å². The van der Waals surface area contributed by atoms with Crippen molar-refractivity contribution in [2.24, 2.45) is 0 Å². The average Bonchev–Trinajstić information content (AvgIpc) is 2.17. The summed E-state index contributed by atoms with van der Waals surface area (Å²) < 4.78 is 0. The zero-order chi connectivity index (χ0) is 10.1. The predicted octanol–water partition coefficient (Wildman–Crippen LogP) is 1.66. The maximum atomic E-state index is 10.7. The number of hydrogen-bond acceptors (Lipinski definition) is 1. The van der Waals surface area contributed by atoms with Gasteiger partial charge in [-0.1, -0.05) is 24.3 Å². The number of benzene rings is 2. The molecule has 2 nitrogen and oxygen atoms in total. The van der Waals surface area contributed by atoms with Crippen molar-refractivity contribution in [1.82, 2.24) is 0 Å². The number of carboxylic acid groups (broad SMARTS) is 1. The SMILES string of the molecule is Cc1cccc2cc(C(=O)O)ccc12.[InH3]. The Balaban J connectivity index is 0.00000112. The Morgan fingerprint density at radius 3 is 2.60 bits per heavy atom. The second-order valence-corrected chi connectivity index (χ2v) is 3.32. The quantitative estimate of drug-likeness (QED) is 0.870. The molecule has 15 heavy (non-hydrogen) atoms. The fraction of sp³-hybridized carbons (Fsp3) is 0.0833. The van der Waals surface area contributed by atoms with E-state index < -0.39 is 5.97 Å². The van der Waals surface area contributed by atoms with Crippen molar-refractivity contribution in [2.75, 3.05) is 0 Å². The molecule has 2 aromatic rings. The summed E-state index contributed by atoms with van der Waals surface area (Å²) in [6, 6.07) is 11.1. The summed E-state index contributed by atoms with van der Waals surface area (Å²) >= 11 is 0. The first-order valence-corrected chi connectivity index (χ1v) is 4.41. The Hall–Kier alpha value is -0.960. The Bertz CT molecular complexity index is 506. The summed E-state index contributed by atoms with van der Waals surface area (Å²) in [7, 11) is 0. The van der Waals surface area contributed by atoms with Crippen LogP contribution < -0.4 is 0 Å². The first-order chi connectivity index (χ1) is 6.68. The van der Waals surface area contributed by atoms with Gasteiger partial charge in [0.1, 0.15) is 0 Å². The van der Waals surface area contributed by atoms with E-state index in [2.05, 4.69) is 0 Å². The van der Waals surface area contributed by atoms with Crippen LogP contribution in [0, 0.1) is 6.92 Å². The molecule has 0 saturated carbocycles. The van der Waals surface area contributed by atoms with E-state index >= 15 is 0 Å². The zero-order valence-electron chi connectivity index (χ0n) is 7.82. The van der Waals surface area contributed by atoms with Gasteiger partial charge in [-0.25, -0.2) is 4.79 Å². The van der Waals surface area contributed by atoms with E-state index in [1.165, 1.54) is 5.56 Å². The summed E-state index contributed by atoms with van der Waals surface area (Å²) in [5, 5.41) is 10.9. The first kappa shape index (κ1) is 12.1. The van der Waals surface area contributed by atoms with Gasteiger partial charge in [0.2, 0.25) is 0 Å². The number of rotatable bonds is 1. The molecule has 0 aromatic heterocycles. The van der Waals surface area contributed by atoms with E-state index in [0.717, 1.165) is 10.8 Å². The van der Waals surface area contributed by atoms with Crippen molar-refractivity contribution in [1.29, 1.82) is 0 Å². The van der Waals surface area contributed by atoms with E-state index in [1.54, 1.807) is 12.1 Å². The molecule has 0 spiro atoms. The molecular weight excluding hydrogens is 291 g/mol. The van der Waals surface area contributed by atoms with Gasteiger partial charge in [0.15, 0.2) is 0 Å². The Morgan fingerprint density at radius 2 is 1.93 bits per heavy atom. The van der Waals surface area contributed by atoms with E-state index in [4.69, 9.17) is 5.11 Å². The summed E-state index contributed by atoms with van der Waals surface area (Å²) in [5.41, 5.74) is 1.50. The van der Waals surface area contributed by atoms with Crippen LogP contribution in [0.2, 0.25) is 0 Å². The van der Waals surface area contributed by atoms with E-state index in [1.807, 2.05) is 31.2 Å². The van der Waals surface area contributed by atoms with Gasteiger partial charge in [-0.15, -0.1) is 0 Å². The van der Waals surface area contributed by atoms with E-state index in [-0.39, 0.29) is 25.8 Å². The molecule has 0 atom stereocenters. The summed E-state index contributed by atoms with van der Waals surface area (Å²) in [5.74, 6) is -0.881. The van der Waals surface area contributed by atoms with Crippen LogP contribution in [0.1, 0.15) is 15.9 Å². The minimum absolute atomic E-state index is 0. The molecule has 0 aliphatic rings. The molecule has 76 valence electrons. The molecular formula is C12H13InO2. The number of carbonyl (C=O) groups is 1. The summed E-state index contributed by atoms with van der Waals surface area (Å²) in [6.45, 7) is 2.02. The Labute approximate surface area is 107 Å². The number of fused-ring (bicyclic) bond motifs is 1. The number of aromatic carboxylic acids is 1. The second-order valence-electron chi connectivity index (χ2n) is 3.32. The van der Waals surface area contributed by atoms with Crippen molar-refractivity contribution < 1.29 is 9.90 Å². The van der Waals surface area contributed by atoms with Gasteiger partial charge in [0, 0.05) is 0 Å². The maximum absolute atomic E-state index is 10.7. The third-order valence-electron chi connectivity index (χ3n) is 2.35. The third kappa shape index (κ3) is 2.34. The standard InChI is InChI=1S/C12H10O2.In.3H/c1-8-3-2-4-9-7-10(12(13)14)5-6-11(8)9;;;;/h2-7H,1H3,(H,13,14);;;;. The van der Waals surface area contributed by atoms with Crippen LogP contribution in [-0.2, 0) is 0 Å². The molecule has 1 N–H and O–H groups in total. The predicted molar refractivity (Wildman–Crippen MR) is 65.6 cm³/mol. The molecule has 0 saturated heterocycles. The van der Waals surface area contributed by atoms with Crippen LogP contribution in [0.4, 0.5) is 0 Å². The molecule has 0 amide bonds. The number of aryl methyl sites for hydroxylation is 1. The van der Waals surface area contributed by atoms with Crippen LogP contribution in [0.25, 0.3) is 10.8 Å². The van der Waals surface area contributed by atoms with Crippen LogP contribution in [0.5, 0.6) is 0 Å². The summed E-state index contributed by atoms with van der Waals surface area (Å²) in [6.07, 6.45) is 0. The van der Waals surface area contributed by atoms with Crippen molar-refractivity contribution >= 4 is 42.6 Å². The Kier molecular flexibility index (Phi) is 3.80. The minimum atomic E-state index is -0.881. The normalized spacial score (nSPS) is 9.67. The van der Waals surface area contributed by atoms with E-state index in [9.17, 15) is 4.79 Å². The molecule has 2 aromatic carbocycles. The molecule has 2 rings (SSSR count). The molecule has 0 bridgehead atoms. The van der Waals surface area contributed by atoms with Gasteiger partial charge in [-0.3, -0.25) is 0 Å². The molecule has 0 aliphatic carbocycles. The Morgan fingerprint density at radius 1 is 1.20 bits per heavy atom. The average molecular weight is 304 g/mol. The second kappa shape index (κ2) is 4.71. The molecule has 0 radical (unpaired) electrons. The van der Waals surface area contributed by atoms with Gasteiger partial charge in [0.25, 0.3) is 0 Å². The van der Waals surface area contributed by atoms with Crippen molar-refractivity contribution in [2.45, 2.75) is 6.92 Å². The van der Waals surface area contributed by atoms with Gasteiger partial charge >= 0.3 is 31.8 Å². The fourth-order valence-electron chi connectivity index (χ4n) is 1.58. The van der Waals surface area contributed by atoms with Gasteiger partial charge in [-0.2, -0.15) is 0 Å². The van der Waals surface area contributed by atoms with E-state index in [0.29, 0.717) is 5.56 Å². The van der Waals surface area contributed by atoms with Crippen LogP contribution in [0.15, 0.2) is 36.4 Å². The number of hydrogen-bond donors (Lipinski definition) is 1. The van der Waals surface area contributed by atoms with Gasteiger partial charge in [0.05, 0.1) is 5.56 Å². The molecule has 0 aliphatic heterocycles. The van der Waals surface area contributed by atoms with Crippen LogP contribution >= 0.6 is 0 Å². The third-order valence-corrected chi connectivity index (χ3v) is 2.35. The van der Waals surface area contributed by atoms with Gasteiger partial charge in [-0.05, 0) is 35.4 Å². The molecule has 3 heteroatoms. The monoisotopic (exact) mass is 304 g/mol. The van der Waals surface area contributed by atoms with Crippen molar-refractivity contribution in [3.63, 3.8) is 0 Å². The molecule has 0 unspecified atom stereocenters.